The highest BCUT2D eigenvalue weighted by atomic mass is 32.1. The lowest BCUT2D eigenvalue weighted by Gasteiger charge is -2.38. The molecule has 134 valence electrons. The zero-order valence-electron chi connectivity index (χ0n) is 15.2. The molecule has 3 rings (SSSR count). The SMILES string of the molecule is Cc1cc(C)cc(NC(=O)Nc2nnc(N3[C@H](C)CCC[C@@H]3C)s2)c1. The fourth-order valence-electron chi connectivity index (χ4n) is 3.47. The number of nitrogens with zero attached hydrogens (tertiary/aromatic N) is 3. The molecule has 1 aliphatic heterocycles. The molecule has 2 heterocycles. The molecule has 1 aromatic heterocycles. The van der Waals surface area contributed by atoms with Gasteiger partial charge in [-0.25, -0.2) is 4.79 Å². The molecule has 0 unspecified atom stereocenters. The lowest BCUT2D eigenvalue weighted by atomic mass is 9.98. The fourth-order valence-corrected chi connectivity index (χ4v) is 4.42. The molecule has 7 heteroatoms. The molecule has 25 heavy (non-hydrogen) atoms. The van der Waals surface area contributed by atoms with Crippen LogP contribution in [0.5, 0.6) is 0 Å². The van der Waals surface area contributed by atoms with Gasteiger partial charge >= 0.3 is 6.03 Å². The van der Waals surface area contributed by atoms with Crippen LogP contribution in [-0.4, -0.2) is 28.3 Å². The molecule has 1 aliphatic rings. The van der Waals surface area contributed by atoms with Crippen molar-refractivity contribution in [2.24, 2.45) is 0 Å². The molecule has 0 saturated carbocycles. The Labute approximate surface area is 152 Å². The summed E-state index contributed by atoms with van der Waals surface area (Å²) in [7, 11) is 0. The summed E-state index contributed by atoms with van der Waals surface area (Å²) in [6, 6.07) is 6.56. The molecular weight excluding hydrogens is 334 g/mol. The predicted octanol–water partition coefficient (Wildman–Crippen LogP) is 4.57. The normalized spacial score (nSPS) is 20.4. The largest absolute Gasteiger partial charge is 0.341 e. The Morgan fingerprint density at radius 2 is 1.72 bits per heavy atom. The van der Waals surface area contributed by atoms with Crippen LogP contribution in [0, 0.1) is 13.8 Å². The van der Waals surface area contributed by atoms with Crippen molar-refractivity contribution in [2.45, 2.75) is 59.0 Å². The lowest BCUT2D eigenvalue weighted by molar-refractivity contribution is 0.262. The van der Waals surface area contributed by atoms with Crippen LogP contribution >= 0.6 is 11.3 Å². The van der Waals surface area contributed by atoms with Gasteiger partial charge < -0.3 is 10.2 Å². The van der Waals surface area contributed by atoms with Crippen LogP contribution in [0.2, 0.25) is 0 Å². The molecule has 6 nitrogen and oxygen atoms in total. The minimum atomic E-state index is -0.299. The smallest absolute Gasteiger partial charge is 0.325 e. The minimum absolute atomic E-state index is 0.299. The van der Waals surface area contributed by atoms with E-state index in [1.54, 1.807) is 0 Å². The third-order valence-corrected chi connectivity index (χ3v) is 5.38. The summed E-state index contributed by atoms with van der Waals surface area (Å²) in [5, 5.41) is 15.4. The molecule has 2 N–H and O–H groups in total. The first-order valence-corrected chi connectivity index (χ1v) is 9.52. The van der Waals surface area contributed by atoms with Crippen molar-refractivity contribution in [3.63, 3.8) is 0 Å². The van der Waals surface area contributed by atoms with Gasteiger partial charge in [0, 0.05) is 17.8 Å². The number of carbonyl (C=O) groups excluding carboxylic acids is 1. The topological polar surface area (TPSA) is 70.1 Å². The molecule has 1 saturated heterocycles. The summed E-state index contributed by atoms with van der Waals surface area (Å²) in [5.41, 5.74) is 3.00. The number of piperidine rings is 1. The van der Waals surface area contributed by atoms with Crippen LogP contribution in [0.4, 0.5) is 20.7 Å². The monoisotopic (exact) mass is 359 g/mol. The van der Waals surface area contributed by atoms with Gasteiger partial charge in [0.25, 0.3) is 0 Å². The Kier molecular flexibility index (Phi) is 5.22. The highest BCUT2D eigenvalue weighted by molar-refractivity contribution is 7.19. The van der Waals surface area contributed by atoms with Crippen LogP contribution in [0.15, 0.2) is 18.2 Å². The Morgan fingerprint density at radius 3 is 2.36 bits per heavy atom. The number of benzene rings is 1. The fraction of sp³-hybridized carbons (Fsp3) is 0.500. The second-order valence-corrected chi connectivity index (χ2v) is 7.84. The minimum Gasteiger partial charge on any atom is -0.341 e. The third kappa shape index (κ3) is 4.28. The molecule has 2 amide bonds. The van der Waals surface area contributed by atoms with E-state index in [0.29, 0.717) is 17.2 Å². The number of nitrogens with one attached hydrogen (secondary N) is 2. The first-order chi connectivity index (χ1) is 11.9. The van der Waals surface area contributed by atoms with Gasteiger partial charge in [-0.2, -0.15) is 0 Å². The Morgan fingerprint density at radius 1 is 1.08 bits per heavy atom. The average molecular weight is 359 g/mol. The number of aryl methyl sites for hydroxylation is 2. The number of carbonyl (C=O) groups is 1. The molecule has 2 atom stereocenters. The summed E-state index contributed by atoms with van der Waals surface area (Å²) in [4.78, 5) is 14.5. The standard InChI is InChI=1S/C18H25N5OS/c1-11-8-12(2)10-15(9-11)19-16(24)20-17-21-22-18(25-17)23-13(3)6-5-7-14(23)4/h8-10,13-14H,5-7H2,1-4H3,(H2,19,20,21,24)/t13-,14+. The van der Waals surface area contributed by atoms with Crippen molar-refractivity contribution in [3.05, 3.63) is 29.3 Å². The molecular formula is C18H25N5OS. The summed E-state index contributed by atoms with van der Waals surface area (Å²) >= 11 is 1.42. The van der Waals surface area contributed by atoms with Crippen molar-refractivity contribution in [1.82, 2.24) is 10.2 Å². The highest BCUT2D eigenvalue weighted by Gasteiger charge is 2.27. The first-order valence-electron chi connectivity index (χ1n) is 8.70. The molecule has 0 aliphatic carbocycles. The zero-order valence-corrected chi connectivity index (χ0v) is 16.0. The maximum absolute atomic E-state index is 12.2. The van der Waals surface area contributed by atoms with Crippen molar-refractivity contribution >= 4 is 33.3 Å². The van der Waals surface area contributed by atoms with Crippen molar-refractivity contribution in [2.75, 3.05) is 15.5 Å². The number of rotatable bonds is 3. The molecule has 0 spiro atoms. The van der Waals surface area contributed by atoms with Gasteiger partial charge in [-0.1, -0.05) is 17.4 Å². The number of anilines is 3. The molecule has 0 bridgehead atoms. The van der Waals surface area contributed by atoms with Gasteiger partial charge in [-0.3, -0.25) is 5.32 Å². The molecule has 2 aromatic rings. The van der Waals surface area contributed by atoms with E-state index in [1.165, 1.54) is 30.6 Å². The van der Waals surface area contributed by atoms with Crippen LogP contribution in [0.1, 0.15) is 44.2 Å². The quantitative estimate of drug-likeness (QED) is 0.842. The Hall–Kier alpha value is -2.15. The Balaban J connectivity index is 1.65. The molecule has 1 fully saturated rings. The van der Waals surface area contributed by atoms with Gasteiger partial charge in [-0.15, -0.1) is 10.2 Å². The maximum Gasteiger partial charge on any atom is 0.325 e. The van der Waals surface area contributed by atoms with Gasteiger partial charge in [0.05, 0.1) is 0 Å². The number of aromatic nitrogens is 2. The van der Waals surface area contributed by atoms with Crippen molar-refractivity contribution in [1.29, 1.82) is 0 Å². The van der Waals surface area contributed by atoms with Crippen LogP contribution in [0.25, 0.3) is 0 Å². The second-order valence-electron chi connectivity index (χ2n) is 6.88. The van der Waals surface area contributed by atoms with E-state index in [4.69, 9.17) is 0 Å². The first kappa shape index (κ1) is 17.7. The number of hydrogen-bond acceptors (Lipinski definition) is 5. The number of urea groups is 1. The zero-order chi connectivity index (χ0) is 18.0. The van der Waals surface area contributed by atoms with Gasteiger partial charge in [-0.05, 0) is 70.2 Å². The summed E-state index contributed by atoms with van der Waals surface area (Å²) in [6.07, 6.45) is 3.58. The molecule has 1 aromatic carbocycles. The van der Waals surface area contributed by atoms with Crippen LogP contribution < -0.4 is 15.5 Å². The summed E-state index contributed by atoms with van der Waals surface area (Å²) in [6.45, 7) is 8.45. The van der Waals surface area contributed by atoms with Crippen LogP contribution in [-0.2, 0) is 0 Å². The molecule has 0 radical (unpaired) electrons. The van der Waals surface area contributed by atoms with Gasteiger partial charge in [0.2, 0.25) is 10.3 Å². The van der Waals surface area contributed by atoms with E-state index in [-0.39, 0.29) is 6.03 Å². The summed E-state index contributed by atoms with van der Waals surface area (Å²) in [5.74, 6) is 0. The predicted molar refractivity (Wildman–Crippen MR) is 104 cm³/mol. The second kappa shape index (κ2) is 7.39. The lowest BCUT2D eigenvalue weighted by Crippen LogP contribution is -2.43. The van der Waals surface area contributed by atoms with E-state index in [9.17, 15) is 4.79 Å². The van der Waals surface area contributed by atoms with Gasteiger partial charge in [0.15, 0.2) is 0 Å². The number of hydrogen-bond donors (Lipinski definition) is 2. The van der Waals surface area contributed by atoms with Gasteiger partial charge in [0.1, 0.15) is 0 Å². The van der Waals surface area contributed by atoms with E-state index in [1.807, 2.05) is 26.0 Å². The average Bonchev–Trinajstić information content (AvgIpc) is 2.93. The van der Waals surface area contributed by atoms with E-state index in [0.717, 1.165) is 21.9 Å². The number of amides is 2. The van der Waals surface area contributed by atoms with E-state index >= 15 is 0 Å². The van der Waals surface area contributed by atoms with Crippen molar-refractivity contribution in [3.8, 4) is 0 Å². The summed E-state index contributed by atoms with van der Waals surface area (Å²) < 4.78 is 0. The van der Waals surface area contributed by atoms with Crippen molar-refractivity contribution < 1.29 is 4.79 Å². The van der Waals surface area contributed by atoms with E-state index in [2.05, 4.69) is 45.6 Å². The van der Waals surface area contributed by atoms with Crippen LogP contribution in [0.3, 0.4) is 0 Å². The third-order valence-electron chi connectivity index (χ3n) is 4.53. The highest BCUT2D eigenvalue weighted by Crippen LogP contribution is 2.32. The van der Waals surface area contributed by atoms with E-state index < -0.39 is 0 Å². The Bertz CT molecular complexity index is 729. The maximum atomic E-state index is 12.2.